The third-order valence-electron chi connectivity index (χ3n) is 7.15. The van der Waals surface area contributed by atoms with Gasteiger partial charge in [-0.15, -0.1) is 0 Å². The summed E-state index contributed by atoms with van der Waals surface area (Å²) in [5.41, 5.74) is 1.75. The molecule has 1 atom stereocenters. The summed E-state index contributed by atoms with van der Waals surface area (Å²) >= 11 is 9.64. The van der Waals surface area contributed by atoms with Crippen molar-refractivity contribution in [3.63, 3.8) is 0 Å². The van der Waals surface area contributed by atoms with Crippen molar-refractivity contribution in [1.82, 2.24) is 10.2 Å². The van der Waals surface area contributed by atoms with Crippen molar-refractivity contribution in [3.05, 3.63) is 93.4 Å². The third-order valence-corrected chi connectivity index (χ3v) is 9.65. The number of benzene rings is 3. The highest BCUT2D eigenvalue weighted by molar-refractivity contribution is 9.10. The van der Waals surface area contributed by atoms with Gasteiger partial charge in [-0.05, 0) is 80.3 Å². The van der Waals surface area contributed by atoms with Crippen molar-refractivity contribution in [2.24, 2.45) is 0 Å². The van der Waals surface area contributed by atoms with Gasteiger partial charge in [-0.2, -0.15) is 0 Å². The highest BCUT2D eigenvalue weighted by Gasteiger charge is 2.33. The highest BCUT2D eigenvalue weighted by atomic mass is 79.9. The molecule has 2 amide bonds. The molecule has 0 aromatic heterocycles. The molecule has 3 aromatic rings. The van der Waals surface area contributed by atoms with Gasteiger partial charge in [0.15, 0.2) is 0 Å². The first-order valence-corrected chi connectivity index (χ1v) is 15.9. The van der Waals surface area contributed by atoms with Crippen LogP contribution in [0.1, 0.15) is 43.7 Å². The zero-order valence-electron chi connectivity index (χ0n) is 22.5. The van der Waals surface area contributed by atoms with Gasteiger partial charge >= 0.3 is 0 Å². The molecule has 7 nitrogen and oxygen atoms in total. The molecular weight excluding hydrogens is 614 g/mol. The van der Waals surface area contributed by atoms with Crippen molar-refractivity contribution in [3.8, 4) is 0 Å². The van der Waals surface area contributed by atoms with Gasteiger partial charge in [-0.25, -0.2) is 8.42 Å². The highest BCUT2D eigenvalue weighted by Crippen LogP contribution is 2.29. The van der Waals surface area contributed by atoms with Crippen LogP contribution in [0.5, 0.6) is 0 Å². The Morgan fingerprint density at radius 3 is 2.38 bits per heavy atom. The number of carbonyl (C=O) groups excluding carboxylic acids is 2. The summed E-state index contributed by atoms with van der Waals surface area (Å²) < 4.78 is 29.7. The molecule has 40 heavy (non-hydrogen) atoms. The number of sulfonamides is 1. The van der Waals surface area contributed by atoms with Gasteiger partial charge in [0.1, 0.15) is 12.6 Å². The molecule has 0 saturated heterocycles. The van der Waals surface area contributed by atoms with Crippen LogP contribution in [-0.4, -0.2) is 43.8 Å². The molecule has 1 unspecified atom stereocenters. The Balaban J connectivity index is 1.70. The SMILES string of the molecule is Cc1cc(Cl)ccc1N(CC(=O)N(Cc1cccc(Br)c1)C(C)C(=O)NC1CCCC1)S(=O)(=O)c1ccccc1. The summed E-state index contributed by atoms with van der Waals surface area (Å²) in [5, 5.41) is 3.54. The normalized spacial score (nSPS) is 14.5. The van der Waals surface area contributed by atoms with Crippen LogP contribution in [0.4, 0.5) is 5.69 Å². The molecule has 212 valence electrons. The molecule has 4 rings (SSSR count). The quantitative estimate of drug-likeness (QED) is 0.289. The first kappa shape index (κ1) is 30.1. The lowest BCUT2D eigenvalue weighted by molar-refractivity contribution is -0.139. The van der Waals surface area contributed by atoms with Crippen LogP contribution in [0, 0.1) is 6.92 Å². The van der Waals surface area contributed by atoms with Gasteiger partial charge in [-0.3, -0.25) is 13.9 Å². The minimum Gasteiger partial charge on any atom is -0.352 e. The number of hydrogen-bond donors (Lipinski definition) is 1. The van der Waals surface area contributed by atoms with Crippen molar-refractivity contribution >= 4 is 55.1 Å². The predicted octanol–water partition coefficient (Wildman–Crippen LogP) is 6.08. The summed E-state index contributed by atoms with van der Waals surface area (Å²) in [6.45, 7) is 3.07. The Bertz CT molecular complexity index is 1460. The minimum atomic E-state index is -4.13. The molecule has 0 bridgehead atoms. The fraction of sp³-hybridized carbons (Fsp3) is 0.333. The number of nitrogens with zero attached hydrogens (tertiary/aromatic N) is 2. The Hall–Kier alpha value is -2.88. The Labute approximate surface area is 249 Å². The maximum atomic E-state index is 14.1. The monoisotopic (exact) mass is 645 g/mol. The van der Waals surface area contributed by atoms with E-state index >= 15 is 0 Å². The average molecular weight is 647 g/mol. The number of carbonyl (C=O) groups is 2. The van der Waals surface area contributed by atoms with E-state index in [9.17, 15) is 18.0 Å². The van der Waals surface area contributed by atoms with Crippen LogP contribution in [0.2, 0.25) is 5.02 Å². The Kier molecular flexibility index (Phi) is 9.92. The van der Waals surface area contributed by atoms with E-state index in [4.69, 9.17) is 11.6 Å². The molecule has 1 saturated carbocycles. The van der Waals surface area contributed by atoms with E-state index in [0.29, 0.717) is 16.3 Å². The van der Waals surface area contributed by atoms with Gasteiger partial charge in [0.05, 0.1) is 10.6 Å². The number of aryl methyl sites for hydroxylation is 1. The molecular formula is C30H33BrClN3O4S. The van der Waals surface area contributed by atoms with Gasteiger partial charge in [-0.1, -0.05) is 70.7 Å². The minimum absolute atomic E-state index is 0.0581. The van der Waals surface area contributed by atoms with E-state index in [1.54, 1.807) is 50.2 Å². The first-order chi connectivity index (χ1) is 19.1. The molecule has 1 aliphatic carbocycles. The van der Waals surface area contributed by atoms with E-state index in [2.05, 4.69) is 21.2 Å². The molecule has 1 N–H and O–H groups in total. The summed E-state index contributed by atoms with van der Waals surface area (Å²) in [7, 11) is -4.13. The fourth-order valence-corrected chi connectivity index (χ4v) is 7.11. The second kappa shape index (κ2) is 13.2. The van der Waals surface area contributed by atoms with Crippen molar-refractivity contribution in [1.29, 1.82) is 0 Å². The number of halogens is 2. The van der Waals surface area contributed by atoms with Crippen molar-refractivity contribution in [2.75, 3.05) is 10.8 Å². The average Bonchev–Trinajstić information content (AvgIpc) is 3.44. The molecule has 0 heterocycles. The maximum Gasteiger partial charge on any atom is 0.264 e. The van der Waals surface area contributed by atoms with Crippen LogP contribution >= 0.6 is 27.5 Å². The summed E-state index contributed by atoms with van der Waals surface area (Å²) in [5.74, 6) is -0.752. The van der Waals surface area contributed by atoms with Crippen LogP contribution in [0.15, 0.2) is 82.2 Å². The third kappa shape index (κ3) is 7.25. The van der Waals surface area contributed by atoms with E-state index in [0.717, 1.165) is 40.0 Å². The van der Waals surface area contributed by atoms with Gasteiger partial charge in [0, 0.05) is 22.1 Å². The van der Waals surface area contributed by atoms with Gasteiger partial charge in [0.2, 0.25) is 11.8 Å². The first-order valence-electron chi connectivity index (χ1n) is 13.2. The van der Waals surface area contributed by atoms with E-state index < -0.39 is 28.5 Å². The van der Waals surface area contributed by atoms with Crippen LogP contribution in [0.25, 0.3) is 0 Å². The lowest BCUT2D eigenvalue weighted by Gasteiger charge is -2.33. The largest absolute Gasteiger partial charge is 0.352 e. The zero-order valence-corrected chi connectivity index (χ0v) is 25.7. The second-order valence-corrected chi connectivity index (χ2v) is 13.3. The number of hydrogen-bond acceptors (Lipinski definition) is 4. The fourth-order valence-electron chi connectivity index (χ4n) is 4.94. The number of amides is 2. The second-order valence-electron chi connectivity index (χ2n) is 10.1. The van der Waals surface area contributed by atoms with E-state index in [1.807, 2.05) is 24.3 Å². The smallest absolute Gasteiger partial charge is 0.264 e. The number of nitrogens with one attached hydrogen (secondary N) is 1. The molecule has 0 aliphatic heterocycles. The standard InChI is InChI=1S/C30H33BrClN3O4S/c1-21-17-25(32)15-16-28(21)35(40(38,39)27-13-4-3-5-14-27)20-29(36)34(19-23-9-8-10-24(31)18-23)22(2)30(37)33-26-11-6-7-12-26/h3-5,8-10,13-18,22,26H,6-7,11-12,19-20H2,1-2H3,(H,33,37). The maximum absolute atomic E-state index is 14.1. The lowest BCUT2D eigenvalue weighted by Crippen LogP contribution is -2.52. The number of anilines is 1. The summed E-state index contributed by atoms with van der Waals surface area (Å²) in [4.78, 5) is 28.9. The topological polar surface area (TPSA) is 86.8 Å². The Morgan fingerprint density at radius 2 is 1.73 bits per heavy atom. The summed E-state index contributed by atoms with van der Waals surface area (Å²) in [6, 6.07) is 19.6. The lowest BCUT2D eigenvalue weighted by atomic mass is 10.1. The van der Waals surface area contributed by atoms with Crippen molar-refractivity contribution in [2.45, 2.75) is 63.1 Å². The number of rotatable bonds is 10. The van der Waals surface area contributed by atoms with Crippen LogP contribution in [0.3, 0.4) is 0 Å². The van der Waals surface area contributed by atoms with Gasteiger partial charge < -0.3 is 10.2 Å². The summed E-state index contributed by atoms with van der Waals surface area (Å²) in [6.07, 6.45) is 3.95. The van der Waals surface area contributed by atoms with Crippen molar-refractivity contribution < 1.29 is 18.0 Å². The van der Waals surface area contributed by atoms with Crippen LogP contribution in [-0.2, 0) is 26.2 Å². The zero-order chi connectivity index (χ0) is 28.9. The molecule has 3 aromatic carbocycles. The predicted molar refractivity (Wildman–Crippen MR) is 162 cm³/mol. The molecule has 10 heteroatoms. The van der Waals surface area contributed by atoms with Gasteiger partial charge in [0.25, 0.3) is 10.0 Å². The van der Waals surface area contributed by atoms with E-state index in [1.165, 1.54) is 17.0 Å². The van der Waals surface area contributed by atoms with E-state index in [-0.39, 0.29) is 23.4 Å². The molecule has 1 aliphatic rings. The molecule has 0 radical (unpaired) electrons. The van der Waals surface area contributed by atoms with Crippen LogP contribution < -0.4 is 9.62 Å². The molecule has 0 spiro atoms. The molecule has 1 fully saturated rings. The Morgan fingerprint density at radius 1 is 1.02 bits per heavy atom.